The maximum Gasteiger partial charge on any atom is 0.351 e. The largest absolute Gasteiger partial charge is 0.489 e. The first-order chi connectivity index (χ1) is 15.6. The number of benzene rings is 3. The summed E-state index contributed by atoms with van der Waals surface area (Å²) in [5.74, 6) is 1.34. The highest BCUT2D eigenvalue weighted by atomic mass is 35.5. The lowest BCUT2D eigenvalue weighted by molar-refractivity contribution is -0.149. The summed E-state index contributed by atoms with van der Waals surface area (Å²) >= 11 is 6.25. The first-order valence-electron chi connectivity index (χ1n) is 9.63. The van der Waals surface area contributed by atoms with E-state index in [0.29, 0.717) is 27.8 Å². The maximum atomic E-state index is 12.4. The smallest absolute Gasteiger partial charge is 0.351 e. The SMILES string of the molecule is COC(=O)C(Oc1cc(OCc2ccc3c(c2)OCO3)ccc1C#N)c1ccccc1Cl. The molecule has 0 saturated carbocycles. The molecular weight excluding hydrogens is 434 g/mol. The van der Waals surface area contributed by atoms with Crippen LogP contribution in [0.5, 0.6) is 23.0 Å². The Bertz CT molecular complexity index is 1190. The maximum absolute atomic E-state index is 12.4. The molecule has 0 aliphatic carbocycles. The topological polar surface area (TPSA) is 87.0 Å². The van der Waals surface area contributed by atoms with Crippen molar-refractivity contribution in [3.8, 4) is 29.1 Å². The molecule has 0 fully saturated rings. The van der Waals surface area contributed by atoms with Gasteiger partial charge in [0.25, 0.3) is 0 Å². The third kappa shape index (κ3) is 4.56. The zero-order valence-corrected chi connectivity index (χ0v) is 17.8. The lowest BCUT2D eigenvalue weighted by Crippen LogP contribution is -2.21. The minimum atomic E-state index is -1.15. The number of hydrogen-bond donors (Lipinski definition) is 0. The molecule has 0 saturated heterocycles. The summed E-state index contributed by atoms with van der Waals surface area (Å²) in [5.41, 5.74) is 1.54. The Kier molecular flexibility index (Phi) is 6.34. The Labute approximate surface area is 189 Å². The number of carbonyl (C=O) groups excluding carboxylic acids is 1. The number of hydrogen-bond acceptors (Lipinski definition) is 7. The molecule has 4 rings (SSSR count). The van der Waals surface area contributed by atoms with Crippen molar-refractivity contribution in [1.29, 1.82) is 5.26 Å². The Morgan fingerprint density at radius 1 is 1.12 bits per heavy atom. The van der Waals surface area contributed by atoms with E-state index >= 15 is 0 Å². The Morgan fingerprint density at radius 3 is 2.72 bits per heavy atom. The second-order valence-electron chi connectivity index (χ2n) is 6.79. The molecule has 1 heterocycles. The average Bonchev–Trinajstić information content (AvgIpc) is 3.29. The summed E-state index contributed by atoms with van der Waals surface area (Å²) in [5, 5.41) is 9.85. The summed E-state index contributed by atoms with van der Waals surface area (Å²) in [6.45, 7) is 0.454. The molecule has 1 atom stereocenters. The van der Waals surface area contributed by atoms with E-state index in [9.17, 15) is 10.1 Å². The molecule has 0 N–H and O–H groups in total. The van der Waals surface area contributed by atoms with Gasteiger partial charge in [-0.15, -0.1) is 0 Å². The van der Waals surface area contributed by atoms with Crippen LogP contribution >= 0.6 is 11.6 Å². The van der Waals surface area contributed by atoms with Gasteiger partial charge in [-0.05, 0) is 35.9 Å². The van der Waals surface area contributed by atoms with Crippen LogP contribution in [0.3, 0.4) is 0 Å². The lowest BCUT2D eigenvalue weighted by atomic mass is 10.1. The average molecular weight is 452 g/mol. The number of halogens is 1. The second-order valence-corrected chi connectivity index (χ2v) is 7.20. The normalized spacial score (nSPS) is 12.5. The first kappa shape index (κ1) is 21.3. The molecule has 3 aromatic rings. The molecule has 1 aliphatic heterocycles. The minimum absolute atomic E-state index is 0.172. The van der Waals surface area contributed by atoms with Crippen molar-refractivity contribution in [2.24, 2.45) is 0 Å². The van der Waals surface area contributed by atoms with Crippen LogP contribution < -0.4 is 18.9 Å². The van der Waals surface area contributed by atoms with E-state index in [4.69, 9.17) is 35.3 Å². The van der Waals surface area contributed by atoms with Crippen LogP contribution in [0.1, 0.15) is 22.8 Å². The third-order valence-corrected chi connectivity index (χ3v) is 5.11. The first-order valence-corrected chi connectivity index (χ1v) is 10.0. The lowest BCUT2D eigenvalue weighted by Gasteiger charge is -2.19. The Morgan fingerprint density at radius 2 is 1.94 bits per heavy atom. The van der Waals surface area contributed by atoms with Crippen LogP contribution in [0.4, 0.5) is 0 Å². The zero-order chi connectivity index (χ0) is 22.5. The quantitative estimate of drug-likeness (QED) is 0.476. The van der Waals surface area contributed by atoms with E-state index in [1.807, 2.05) is 18.2 Å². The summed E-state index contributed by atoms with van der Waals surface area (Å²) in [7, 11) is 1.26. The highest BCUT2D eigenvalue weighted by Crippen LogP contribution is 2.34. The van der Waals surface area contributed by atoms with Gasteiger partial charge >= 0.3 is 5.97 Å². The standard InChI is InChI=1S/C24H18ClNO6/c1-28-24(27)23(18-4-2-3-5-19(18)25)32-21-11-17(8-7-16(21)12-26)29-13-15-6-9-20-22(10-15)31-14-30-20/h2-11,23H,13-14H2,1H3. The van der Waals surface area contributed by atoms with Gasteiger partial charge < -0.3 is 23.7 Å². The van der Waals surface area contributed by atoms with Crippen LogP contribution in [0.2, 0.25) is 5.02 Å². The molecular formula is C24H18ClNO6. The summed E-state index contributed by atoms with van der Waals surface area (Å²) in [6.07, 6.45) is -1.15. The fourth-order valence-corrected chi connectivity index (χ4v) is 3.37. The van der Waals surface area contributed by atoms with E-state index < -0.39 is 12.1 Å². The molecule has 0 aromatic heterocycles. The van der Waals surface area contributed by atoms with Crippen molar-refractivity contribution in [3.05, 3.63) is 82.4 Å². The molecule has 32 heavy (non-hydrogen) atoms. The third-order valence-electron chi connectivity index (χ3n) is 4.76. The van der Waals surface area contributed by atoms with E-state index in [-0.39, 0.29) is 24.7 Å². The highest BCUT2D eigenvalue weighted by molar-refractivity contribution is 6.31. The number of nitrogens with zero attached hydrogens (tertiary/aromatic N) is 1. The molecule has 0 bridgehead atoms. The van der Waals surface area contributed by atoms with Crippen molar-refractivity contribution < 1.29 is 28.5 Å². The number of fused-ring (bicyclic) bond motifs is 1. The molecule has 0 spiro atoms. The zero-order valence-electron chi connectivity index (χ0n) is 17.0. The van der Waals surface area contributed by atoms with Gasteiger partial charge in [-0.3, -0.25) is 0 Å². The van der Waals surface area contributed by atoms with Crippen molar-refractivity contribution in [2.75, 3.05) is 13.9 Å². The molecule has 7 nitrogen and oxygen atoms in total. The van der Waals surface area contributed by atoms with Gasteiger partial charge in [-0.1, -0.05) is 35.9 Å². The molecule has 0 radical (unpaired) electrons. The fraction of sp³-hybridized carbons (Fsp3) is 0.167. The molecule has 0 amide bonds. The van der Waals surface area contributed by atoms with E-state index in [1.54, 1.807) is 42.5 Å². The summed E-state index contributed by atoms with van der Waals surface area (Å²) in [6, 6.07) is 19.1. The number of carbonyl (C=O) groups is 1. The predicted octanol–water partition coefficient (Wildman–Crippen LogP) is 4.81. The van der Waals surface area contributed by atoms with Crippen molar-refractivity contribution >= 4 is 17.6 Å². The monoisotopic (exact) mass is 451 g/mol. The van der Waals surface area contributed by atoms with Crippen molar-refractivity contribution in [3.63, 3.8) is 0 Å². The number of nitriles is 1. The van der Waals surface area contributed by atoms with Crippen LogP contribution in [0.15, 0.2) is 60.7 Å². The number of rotatable bonds is 7. The second kappa shape index (κ2) is 9.50. The molecule has 8 heteroatoms. The fourth-order valence-electron chi connectivity index (χ4n) is 3.14. The summed E-state index contributed by atoms with van der Waals surface area (Å²) < 4.78 is 27.3. The minimum Gasteiger partial charge on any atom is -0.489 e. The number of ether oxygens (including phenoxy) is 5. The van der Waals surface area contributed by atoms with Crippen LogP contribution in [0.25, 0.3) is 0 Å². The van der Waals surface area contributed by atoms with Crippen LogP contribution in [-0.4, -0.2) is 19.9 Å². The van der Waals surface area contributed by atoms with Gasteiger partial charge in [0.1, 0.15) is 24.2 Å². The van der Waals surface area contributed by atoms with Gasteiger partial charge in [0.2, 0.25) is 12.9 Å². The van der Waals surface area contributed by atoms with Gasteiger partial charge in [-0.25, -0.2) is 4.79 Å². The van der Waals surface area contributed by atoms with Crippen molar-refractivity contribution in [1.82, 2.24) is 0 Å². The van der Waals surface area contributed by atoms with E-state index in [0.717, 1.165) is 5.56 Å². The van der Waals surface area contributed by atoms with Crippen LogP contribution in [0, 0.1) is 11.3 Å². The van der Waals surface area contributed by atoms with Gasteiger partial charge in [0.05, 0.1) is 12.7 Å². The Hall–Kier alpha value is -3.89. The Balaban J connectivity index is 1.56. The molecule has 3 aromatic carbocycles. The van der Waals surface area contributed by atoms with Crippen LogP contribution in [-0.2, 0) is 16.1 Å². The van der Waals surface area contributed by atoms with E-state index in [1.165, 1.54) is 7.11 Å². The summed E-state index contributed by atoms with van der Waals surface area (Å²) in [4.78, 5) is 12.4. The molecule has 1 unspecified atom stereocenters. The van der Waals surface area contributed by atoms with Crippen molar-refractivity contribution in [2.45, 2.75) is 12.7 Å². The van der Waals surface area contributed by atoms with Gasteiger partial charge in [0.15, 0.2) is 11.5 Å². The predicted molar refractivity (Wildman–Crippen MR) is 115 cm³/mol. The highest BCUT2D eigenvalue weighted by Gasteiger charge is 2.27. The molecule has 1 aliphatic rings. The van der Waals surface area contributed by atoms with E-state index in [2.05, 4.69) is 6.07 Å². The number of methoxy groups -OCH3 is 1. The number of esters is 1. The molecule has 162 valence electrons. The van der Waals surface area contributed by atoms with Gasteiger partial charge in [0, 0.05) is 16.7 Å². The van der Waals surface area contributed by atoms with Gasteiger partial charge in [-0.2, -0.15) is 5.26 Å².